The van der Waals surface area contributed by atoms with Crippen molar-refractivity contribution in [3.8, 4) is 17.2 Å². The maximum absolute atomic E-state index is 13.7. The number of anilines is 2. The molecule has 0 aliphatic carbocycles. The summed E-state index contributed by atoms with van der Waals surface area (Å²) < 4.78 is 101. The summed E-state index contributed by atoms with van der Waals surface area (Å²) in [4.78, 5) is 46.6. The summed E-state index contributed by atoms with van der Waals surface area (Å²) in [5, 5.41) is 7.81. The molecule has 14 nitrogen and oxygen atoms in total. The van der Waals surface area contributed by atoms with Crippen LogP contribution in [0.4, 0.5) is 38.0 Å². The number of rotatable bonds is 12. The van der Waals surface area contributed by atoms with E-state index in [-0.39, 0.29) is 91.4 Å². The fraction of sp³-hybridized carbons (Fsp3) is 0.255. The standard InChI is InChI=1S/C18H16F2N2O3.C12H10F2N2O.C7H5BrF2.C6H9ClO3.C5H6N2O.CH3I.2CH4.I2.5HI.2V/c1-3-24-18(23)16-11(2)21-17-15(8-5-9-22(16)17)25-10-12-13(19)6-4-7-14(12)20;13-9-3-1-4-10(14)8(9)7-17-11-5-2-6-16-12(11)15;8-4-5-6(9)2-1-3-7(5)10;1-3-10-6(9)5(7)4(2)8;6-5-4(8)2-1-3-7-5;1-2;;;1-2;;;;;;;/h4-9H,3,10H2,1-2H3;1-6H,7H2,(H2,15,16);1-3H,4H2;5H,3H2,1-2H3;1-3,8H,(H2,6,7);1H3;2*1H4;;5*1H;;/q;;;;;;;;;;;;;;+2;+3/p-5. The van der Waals surface area contributed by atoms with Gasteiger partial charge in [0.1, 0.15) is 48.1 Å². The number of hydrogen-bond acceptors (Lipinski definition) is 13. The number of pyridine rings is 3. The molecule has 1 unspecified atom stereocenters. The molecule has 0 radical (unpaired) electrons. The van der Waals surface area contributed by atoms with Gasteiger partial charge in [-0.3, -0.25) is 9.20 Å². The first-order valence-corrected chi connectivity index (χ1v) is 54.4. The molecule has 0 saturated heterocycles. The van der Waals surface area contributed by atoms with E-state index in [1.807, 2.05) is 4.93 Å². The first kappa shape index (κ1) is 89.0. The Labute approximate surface area is 597 Å². The van der Waals surface area contributed by atoms with Crippen LogP contribution in [0, 0.1) is 41.8 Å². The molecule has 0 fully saturated rings. The number of aromatic hydroxyl groups is 1. The molecule has 0 spiro atoms. The summed E-state index contributed by atoms with van der Waals surface area (Å²) in [6.07, 6.45) is 4.68. The predicted molar refractivity (Wildman–Crippen MR) is 384 cm³/mol. The Hall–Kier alpha value is -0.381. The number of nitrogens with zero attached hydrogens (tertiary/aromatic N) is 4. The van der Waals surface area contributed by atoms with Gasteiger partial charge in [-0.05, 0) is 105 Å². The Morgan fingerprint density at radius 3 is 1.43 bits per heavy atom. The van der Waals surface area contributed by atoms with E-state index < -0.39 is 52.2 Å². The van der Waals surface area contributed by atoms with Crippen molar-refractivity contribution in [3.05, 3.63) is 173 Å². The van der Waals surface area contributed by atoms with Crippen LogP contribution in [0.1, 0.15) is 68.5 Å². The van der Waals surface area contributed by atoms with E-state index in [0.29, 0.717) is 38.0 Å². The number of carbonyl (C=O) groups excluding carboxylic acids is 3. The number of alkyl halides is 3. The monoisotopic (exact) mass is 2230 g/mol. The number of aryl methyl sites for hydroxylation is 1. The molecule has 461 valence electrons. The molecule has 7 aromatic rings. The molecule has 83 heavy (non-hydrogen) atoms. The predicted octanol–water partition coefficient (Wildman–Crippen LogP) is 18.7. The van der Waals surface area contributed by atoms with Crippen LogP contribution in [0.2, 0.25) is 0 Å². The summed E-state index contributed by atoms with van der Waals surface area (Å²) >= 11 is 26.8. The first-order valence-electron chi connectivity index (χ1n) is 21.9. The van der Waals surface area contributed by atoms with Crippen LogP contribution in [0.5, 0.6) is 17.2 Å². The summed E-state index contributed by atoms with van der Waals surface area (Å²) in [5.41, 5.74) is 11.6. The van der Waals surface area contributed by atoms with Gasteiger partial charge in [0, 0.05) is 66.7 Å². The second-order valence-corrected chi connectivity index (χ2v) is 62.1. The molecule has 7 rings (SSSR count). The normalized spacial score (nSPS) is 9.66. The molecular weight excluding hydrogens is 2170 g/mol. The van der Waals surface area contributed by atoms with E-state index in [2.05, 4.69) is 195 Å². The molecule has 3 aromatic carbocycles. The molecule has 0 aliphatic heterocycles. The number of hydrogen-bond donors (Lipinski definition) is 3. The fourth-order valence-corrected chi connectivity index (χ4v) is 5.93. The van der Waals surface area contributed by atoms with Crippen molar-refractivity contribution in [3.63, 3.8) is 0 Å². The third kappa shape index (κ3) is 36.2. The number of nitrogen functional groups attached to an aromatic ring is 2. The van der Waals surface area contributed by atoms with Gasteiger partial charge < -0.3 is 35.5 Å². The van der Waals surface area contributed by atoms with E-state index in [1.165, 1.54) is 80.0 Å². The van der Waals surface area contributed by atoms with Crippen LogP contribution in [-0.2, 0) is 52.0 Å². The van der Waals surface area contributed by atoms with Gasteiger partial charge in [0.05, 0.1) is 30.0 Å². The van der Waals surface area contributed by atoms with Crippen LogP contribution >= 0.6 is 187 Å². The maximum atomic E-state index is 13.7. The van der Waals surface area contributed by atoms with Gasteiger partial charge in [-0.1, -0.05) is 71.6 Å². The van der Waals surface area contributed by atoms with Crippen LogP contribution in [0.3, 0.4) is 0 Å². The zero-order chi connectivity index (χ0) is 62.2. The quantitative estimate of drug-likeness (QED) is 0.0343. The molecule has 0 saturated carbocycles. The van der Waals surface area contributed by atoms with Gasteiger partial charge >= 0.3 is 126 Å². The van der Waals surface area contributed by atoms with Gasteiger partial charge in [-0.15, -0.1) is 11.6 Å². The molecule has 1 atom stereocenters. The average molecular weight is 2230 g/mol. The Balaban J connectivity index is -0.000000471. The number of nitrogens with two attached hydrogens (primary N) is 2. The van der Waals surface area contributed by atoms with E-state index in [0.717, 1.165) is 0 Å². The zero-order valence-electron chi connectivity index (χ0n) is 42.7. The summed E-state index contributed by atoms with van der Waals surface area (Å²) in [5.74, 6) is -4.21. The molecule has 0 bridgehead atoms. The molecule has 0 amide bonds. The number of aromatic nitrogens is 4. The summed E-state index contributed by atoms with van der Waals surface area (Å²) in [6.45, 7) is 6.26. The molecule has 32 heteroatoms. The number of Topliss-reactive ketones (excluding diaryl/α,β-unsaturated/α-hetero) is 1. The summed E-state index contributed by atoms with van der Waals surface area (Å²) in [6, 6.07) is 20.7. The van der Waals surface area contributed by atoms with Gasteiger partial charge in [0.15, 0.2) is 51.4 Å². The van der Waals surface area contributed by atoms with Crippen molar-refractivity contribution in [1.29, 1.82) is 0 Å². The van der Waals surface area contributed by atoms with E-state index in [1.54, 1.807) is 61.7 Å². The third-order valence-corrected chi connectivity index (χ3v) is 9.83. The number of benzene rings is 3. The molecule has 4 heterocycles. The number of ketones is 1. The number of imidazole rings is 1. The van der Waals surface area contributed by atoms with Crippen molar-refractivity contribution >= 4 is 222 Å². The van der Waals surface area contributed by atoms with Gasteiger partial charge in [0.25, 0.3) is 0 Å². The van der Waals surface area contributed by atoms with Gasteiger partial charge in [0.2, 0.25) is 0 Å². The van der Waals surface area contributed by atoms with Crippen molar-refractivity contribution in [1.82, 2.24) is 19.4 Å². The van der Waals surface area contributed by atoms with Crippen LogP contribution in [0.25, 0.3) is 5.65 Å². The number of esters is 2. The van der Waals surface area contributed by atoms with E-state index in [4.69, 9.17) is 42.4 Å². The number of carbonyl (C=O) groups is 3. The Morgan fingerprint density at radius 2 is 1.08 bits per heavy atom. The number of fused-ring (bicyclic) bond motifs is 1. The van der Waals surface area contributed by atoms with Crippen molar-refractivity contribution in [2.45, 2.75) is 66.5 Å². The van der Waals surface area contributed by atoms with Crippen LogP contribution in [0.15, 0.2) is 110 Å². The first-order chi connectivity index (χ1) is 38.5. The SMILES string of the molecule is C.C.CCOC(=O)C(Cl)C(C)=O.CCOC(=O)c1c(C)nc2c(OCc3c(F)cccc3F)cccn12.CI.Fc1cccc(F)c1CBr.II.Nc1ncccc1O.Nc1ncccc1OCc1c(F)cccc1F.[I][V]([I])[I].[I][V][I]. The van der Waals surface area contributed by atoms with E-state index in [9.17, 15) is 40.7 Å². The molecular formula is C51H57BrClF6I8N6O8V2. The zero-order valence-corrected chi connectivity index (χ0v) is 65.1. The molecule has 0 aliphatic rings. The minimum atomic E-state index is -1.14. The van der Waals surface area contributed by atoms with Gasteiger partial charge in [-0.2, -0.15) is 0 Å². The molecule has 5 N–H and O–H groups in total. The van der Waals surface area contributed by atoms with Crippen molar-refractivity contribution in [2.75, 3.05) is 29.6 Å². The van der Waals surface area contributed by atoms with Crippen molar-refractivity contribution < 1.29 is 79.2 Å². The Bertz CT molecular complexity index is 2880. The Kier molecular flexibility index (Phi) is 57.3. The van der Waals surface area contributed by atoms with E-state index >= 15 is 0 Å². The molecule has 4 aromatic heterocycles. The topological polar surface area (TPSA) is 203 Å². The second-order valence-electron chi connectivity index (χ2n) is 13.9. The number of ether oxygens (including phenoxy) is 4. The van der Waals surface area contributed by atoms with Gasteiger partial charge in [-0.25, -0.2) is 50.9 Å². The van der Waals surface area contributed by atoms with Crippen LogP contribution < -0.4 is 20.9 Å². The average Bonchev–Trinajstić information content (AvgIpc) is 4.07. The van der Waals surface area contributed by atoms with Crippen molar-refractivity contribution in [2.24, 2.45) is 0 Å². The third-order valence-electron chi connectivity index (χ3n) is 8.79. The summed E-state index contributed by atoms with van der Waals surface area (Å²) in [7, 11) is 0.628. The Morgan fingerprint density at radius 1 is 0.699 bits per heavy atom. The fourth-order valence-electron chi connectivity index (χ4n) is 5.33. The number of halogens is 16. The second kappa shape index (κ2) is 53.5. The minimum absolute atomic E-state index is 0. The van der Waals surface area contributed by atoms with Crippen LogP contribution in [-0.4, -0.2) is 65.7 Å².